The summed E-state index contributed by atoms with van der Waals surface area (Å²) >= 11 is 0. The Morgan fingerprint density at radius 3 is 2.89 bits per heavy atom. The zero-order valence-corrected chi connectivity index (χ0v) is 11.1. The van der Waals surface area contributed by atoms with E-state index in [1.807, 2.05) is 18.2 Å². The third-order valence-corrected chi connectivity index (χ3v) is 3.77. The van der Waals surface area contributed by atoms with Crippen molar-refractivity contribution >= 4 is 0 Å². The van der Waals surface area contributed by atoms with Gasteiger partial charge in [0.05, 0.1) is 17.7 Å². The molecule has 18 heavy (non-hydrogen) atoms. The van der Waals surface area contributed by atoms with Crippen LogP contribution in [0.25, 0.3) is 0 Å². The molecule has 1 N–H and O–H groups in total. The van der Waals surface area contributed by atoms with Gasteiger partial charge in [0.2, 0.25) is 0 Å². The molecule has 1 aliphatic rings. The van der Waals surface area contributed by atoms with Crippen LogP contribution in [0.2, 0.25) is 0 Å². The lowest BCUT2D eigenvalue weighted by Gasteiger charge is -2.14. The number of rotatable bonds is 4. The van der Waals surface area contributed by atoms with Gasteiger partial charge in [-0.25, -0.2) is 0 Å². The minimum Gasteiger partial charge on any atom is -0.381 e. The van der Waals surface area contributed by atoms with E-state index in [0.29, 0.717) is 12.1 Å². The molecule has 2 rings (SSSR count). The molecule has 1 aromatic carbocycles. The van der Waals surface area contributed by atoms with Gasteiger partial charge >= 0.3 is 0 Å². The smallest absolute Gasteiger partial charge is 0.0991 e. The topological polar surface area (TPSA) is 45.0 Å². The lowest BCUT2D eigenvalue weighted by atomic mass is 10.1. The highest BCUT2D eigenvalue weighted by Gasteiger charge is 2.23. The van der Waals surface area contributed by atoms with Crippen LogP contribution in [-0.4, -0.2) is 19.3 Å². The minimum absolute atomic E-state index is 0.421. The standard InChI is InChI=1S/C15H20N2O/c1-11-7-12(9-16)3-4-13(11)10-17-14-5-6-15(8-14)18-2/h3-4,7,14-15,17H,5-6,8,10H2,1-2H3. The summed E-state index contributed by atoms with van der Waals surface area (Å²) in [4.78, 5) is 0. The van der Waals surface area contributed by atoms with Crippen LogP contribution in [0.1, 0.15) is 36.0 Å². The van der Waals surface area contributed by atoms with Gasteiger partial charge in [-0.05, 0) is 49.4 Å². The van der Waals surface area contributed by atoms with Crippen LogP contribution in [0, 0.1) is 18.3 Å². The van der Waals surface area contributed by atoms with E-state index in [9.17, 15) is 0 Å². The number of hydrogen-bond acceptors (Lipinski definition) is 3. The van der Waals surface area contributed by atoms with Crippen molar-refractivity contribution in [3.63, 3.8) is 0 Å². The lowest BCUT2D eigenvalue weighted by Crippen LogP contribution is -2.27. The second-order valence-electron chi connectivity index (χ2n) is 5.00. The normalized spacial score (nSPS) is 22.9. The maximum atomic E-state index is 8.83. The van der Waals surface area contributed by atoms with Crippen molar-refractivity contribution in [3.05, 3.63) is 34.9 Å². The van der Waals surface area contributed by atoms with Crippen LogP contribution in [-0.2, 0) is 11.3 Å². The van der Waals surface area contributed by atoms with Gasteiger partial charge in [0, 0.05) is 19.7 Å². The van der Waals surface area contributed by atoms with E-state index in [-0.39, 0.29) is 0 Å². The van der Waals surface area contributed by atoms with Crippen molar-refractivity contribution in [2.24, 2.45) is 0 Å². The van der Waals surface area contributed by atoms with Crippen LogP contribution in [0.4, 0.5) is 0 Å². The summed E-state index contributed by atoms with van der Waals surface area (Å²) < 4.78 is 5.37. The van der Waals surface area contributed by atoms with Crippen molar-refractivity contribution in [2.45, 2.75) is 44.9 Å². The predicted octanol–water partition coefficient (Wildman–Crippen LogP) is 2.52. The van der Waals surface area contributed by atoms with Gasteiger partial charge in [-0.3, -0.25) is 0 Å². The molecule has 0 spiro atoms. The summed E-state index contributed by atoms with van der Waals surface area (Å²) in [5, 5.41) is 12.4. The minimum atomic E-state index is 0.421. The van der Waals surface area contributed by atoms with Gasteiger partial charge in [0.1, 0.15) is 0 Å². The van der Waals surface area contributed by atoms with Crippen molar-refractivity contribution in [3.8, 4) is 6.07 Å². The van der Waals surface area contributed by atoms with Crippen molar-refractivity contribution in [1.82, 2.24) is 5.32 Å². The number of nitriles is 1. The van der Waals surface area contributed by atoms with E-state index >= 15 is 0 Å². The monoisotopic (exact) mass is 244 g/mol. The molecular formula is C15H20N2O. The highest BCUT2D eigenvalue weighted by atomic mass is 16.5. The first kappa shape index (κ1) is 13.1. The SMILES string of the molecule is COC1CCC(NCc2ccc(C#N)cc2C)C1. The first-order valence-electron chi connectivity index (χ1n) is 6.48. The zero-order chi connectivity index (χ0) is 13.0. The summed E-state index contributed by atoms with van der Waals surface area (Å²) in [5.74, 6) is 0. The van der Waals surface area contributed by atoms with Crippen LogP contribution < -0.4 is 5.32 Å². The Hall–Kier alpha value is -1.37. The molecule has 96 valence electrons. The molecule has 0 heterocycles. The van der Waals surface area contributed by atoms with E-state index in [1.54, 1.807) is 7.11 Å². The number of nitrogens with zero attached hydrogens (tertiary/aromatic N) is 1. The maximum absolute atomic E-state index is 8.83. The average Bonchev–Trinajstić information content (AvgIpc) is 2.85. The fourth-order valence-corrected chi connectivity index (χ4v) is 2.56. The Morgan fingerprint density at radius 2 is 2.28 bits per heavy atom. The molecule has 0 bridgehead atoms. The molecular weight excluding hydrogens is 224 g/mol. The molecule has 1 saturated carbocycles. The van der Waals surface area contributed by atoms with E-state index in [4.69, 9.17) is 10.00 Å². The van der Waals surface area contributed by atoms with Gasteiger partial charge in [-0.2, -0.15) is 5.26 Å². The predicted molar refractivity (Wildman–Crippen MR) is 71.2 cm³/mol. The largest absolute Gasteiger partial charge is 0.381 e. The van der Waals surface area contributed by atoms with E-state index in [2.05, 4.69) is 18.3 Å². The Balaban J connectivity index is 1.89. The maximum Gasteiger partial charge on any atom is 0.0991 e. The summed E-state index contributed by atoms with van der Waals surface area (Å²) in [6.45, 7) is 2.93. The molecule has 3 heteroatoms. The fourth-order valence-electron chi connectivity index (χ4n) is 2.56. The molecule has 2 unspecified atom stereocenters. The number of aryl methyl sites for hydroxylation is 1. The summed E-state index contributed by atoms with van der Waals surface area (Å²) in [7, 11) is 1.79. The highest BCUT2D eigenvalue weighted by molar-refractivity contribution is 5.37. The number of benzene rings is 1. The molecule has 1 aromatic rings. The Labute approximate surface area is 109 Å². The molecule has 1 fully saturated rings. The highest BCUT2D eigenvalue weighted by Crippen LogP contribution is 2.22. The Morgan fingerprint density at radius 1 is 1.44 bits per heavy atom. The summed E-state index contributed by atoms with van der Waals surface area (Å²) in [6, 6.07) is 8.61. The molecule has 1 aliphatic carbocycles. The summed E-state index contributed by atoms with van der Waals surface area (Å²) in [6.07, 6.45) is 3.87. The second kappa shape index (κ2) is 5.99. The van der Waals surface area contributed by atoms with E-state index in [0.717, 1.165) is 24.9 Å². The van der Waals surface area contributed by atoms with Gasteiger partial charge in [0.15, 0.2) is 0 Å². The summed E-state index contributed by atoms with van der Waals surface area (Å²) in [5.41, 5.74) is 3.19. The first-order chi connectivity index (χ1) is 8.72. The van der Waals surface area contributed by atoms with Crippen molar-refractivity contribution in [1.29, 1.82) is 5.26 Å². The molecule has 2 atom stereocenters. The molecule has 3 nitrogen and oxygen atoms in total. The van der Waals surface area contributed by atoms with Crippen molar-refractivity contribution < 1.29 is 4.74 Å². The molecule has 0 amide bonds. The van der Waals surface area contributed by atoms with Crippen LogP contribution in [0.5, 0.6) is 0 Å². The van der Waals surface area contributed by atoms with Gasteiger partial charge < -0.3 is 10.1 Å². The Bertz CT molecular complexity index is 450. The van der Waals surface area contributed by atoms with Gasteiger partial charge in [-0.1, -0.05) is 6.07 Å². The number of nitrogens with one attached hydrogen (secondary N) is 1. The van der Waals surface area contributed by atoms with Crippen LogP contribution in [0.15, 0.2) is 18.2 Å². The van der Waals surface area contributed by atoms with Crippen molar-refractivity contribution in [2.75, 3.05) is 7.11 Å². The average molecular weight is 244 g/mol. The third kappa shape index (κ3) is 3.10. The van der Waals surface area contributed by atoms with Crippen LogP contribution >= 0.6 is 0 Å². The fraction of sp³-hybridized carbons (Fsp3) is 0.533. The number of ether oxygens (including phenoxy) is 1. The second-order valence-corrected chi connectivity index (χ2v) is 5.00. The number of methoxy groups -OCH3 is 1. The van der Waals surface area contributed by atoms with E-state index in [1.165, 1.54) is 17.5 Å². The molecule has 0 aliphatic heterocycles. The van der Waals surface area contributed by atoms with Crippen LogP contribution in [0.3, 0.4) is 0 Å². The number of hydrogen-bond donors (Lipinski definition) is 1. The molecule has 0 saturated heterocycles. The van der Waals surface area contributed by atoms with Gasteiger partial charge in [-0.15, -0.1) is 0 Å². The third-order valence-electron chi connectivity index (χ3n) is 3.77. The zero-order valence-electron chi connectivity index (χ0n) is 11.1. The molecule has 0 radical (unpaired) electrons. The molecule has 0 aromatic heterocycles. The van der Waals surface area contributed by atoms with E-state index < -0.39 is 0 Å². The quantitative estimate of drug-likeness (QED) is 0.885. The van der Waals surface area contributed by atoms with Gasteiger partial charge in [0.25, 0.3) is 0 Å². The lowest BCUT2D eigenvalue weighted by molar-refractivity contribution is 0.107. The first-order valence-corrected chi connectivity index (χ1v) is 6.48. The Kier molecular flexibility index (Phi) is 4.35.